The molecule has 1 N–H and O–H groups in total. The number of halogens is 1. The van der Waals surface area contributed by atoms with Crippen molar-refractivity contribution in [2.45, 2.75) is 26.3 Å². The number of aryl methyl sites for hydroxylation is 1. The monoisotopic (exact) mass is 262 g/mol. The maximum Gasteiger partial charge on any atom is 0.128 e. The van der Waals surface area contributed by atoms with Crippen LogP contribution in [0.3, 0.4) is 0 Å². The molecule has 0 amide bonds. The van der Waals surface area contributed by atoms with Crippen LogP contribution in [-0.4, -0.2) is 31.1 Å². The molecule has 1 fully saturated rings. The summed E-state index contributed by atoms with van der Waals surface area (Å²) >= 11 is 0. The molecule has 0 aliphatic carbocycles. The smallest absolute Gasteiger partial charge is 0.128 e. The van der Waals surface area contributed by atoms with Gasteiger partial charge in [-0.05, 0) is 26.3 Å². The summed E-state index contributed by atoms with van der Waals surface area (Å²) in [7, 11) is 0. The Bertz CT molecular complexity index is 450. The zero-order valence-electron chi connectivity index (χ0n) is 11.9. The Morgan fingerprint density at radius 3 is 2.74 bits per heavy atom. The number of nitrogens with one attached hydrogen (secondary N) is 1. The first-order valence-corrected chi connectivity index (χ1v) is 6.93. The Morgan fingerprint density at radius 1 is 1.42 bits per heavy atom. The summed E-state index contributed by atoms with van der Waals surface area (Å²) < 4.78 is 14.2. The molecule has 0 saturated carbocycles. The first-order valence-electron chi connectivity index (χ1n) is 6.93. The highest BCUT2D eigenvalue weighted by Crippen LogP contribution is 2.30. The van der Waals surface area contributed by atoms with Crippen molar-refractivity contribution in [1.82, 2.24) is 10.2 Å². The second-order valence-electron chi connectivity index (χ2n) is 5.49. The van der Waals surface area contributed by atoms with Gasteiger partial charge in [0.05, 0.1) is 0 Å². The van der Waals surface area contributed by atoms with Crippen LogP contribution in [0.25, 0.3) is 0 Å². The molecule has 1 heterocycles. The van der Waals surface area contributed by atoms with Crippen LogP contribution < -0.4 is 5.32 Å². The molecular formula is C16H23FN2. The van der Waals surface area contributed by atoms with Gasteiger partial charge in [-0.2, -0.15) is 0 Å². The summed E-state index contributed by atoms with van der Waals surface area (Å²) in [5, 5.41) is 3.34. The number of nitrogens with zero attached hydrogens (tertiary/aromatic N) is 1. The van der Waals surface area contributed by atoms with Gasteiger partial charge in [-0.3, -0.25) is 4.90 Å². The number of hydrogen-bond donors (Lipinski definition) is 1. The van der Waals surface area contributed by atoms with Crippen molar-refractivity contribution in [1.29, 1.82) is 0 Å². The Labute approximate surface area is 115 Å². The van der Waals surface area contributed by atoms with Crippen LogP contribution in [0.5, 0.6) is 0 Å². The van der Waals surface area contributed by atoms with Gasteiger partial charge in [0.25, 0.3) is 0 Å². The highest BCUT2D eigenvalue weighted by Gasteiger charge is 2.24. The largest absolute Gasteiger partial charge is 0.314 e. The first-order chi connectivity index (χ1) is 9.08. The van der Waals surface area contributed by atoms with Crippen molar-refractivity contribution in [2.75, 3.05) is 26.2 Å². The molecule has 1 aromatic rings. The molecule has 19 heavy (non-hydrogen) atoms. The average Bonchev–Trinajstić information content (AvgIpc) is 2.40. The van der Waals surface area contributed by atoms with Crippen molar-refractivity contribution in [3.05, 3.63) is 47.3 Å². The van der Waals surface area contributed by atoms with E-state index in [9.17, 15) is 4.39 Å². The molecule has 0 bridgehead atoms. The van der Waals surface area contributed by atoms with Crippen molar-refractivity contribution >= 4 is 0 Å². The Balaban J connectivity index is 2.29. The number of rotatable bonds is 4. The van der Waals surface area contributed by atoms with Gasteiger partial charge in [0.2, 0.25) is 0 Å². The molecule has 0 unspecified atom stereocenters. The van der Waals surface area contributed by atoms with Crippen LogP contribution >= 0.6 is 0 Å². The van der Waals surface area contributed by atoms with Crippen LogP contribution in [0.2, 0.25) is 0 Å². The summed E-state index contributed by atoms with van der Waals surface area (Å²) in [5.74, 6) is -0.101. The van der Waals surface area contributed by atoms with E-state index in [0.29, 0.717) is 0 Å². The van der Waals surface area contributed by atoms with Crippen LogP contribution in [-0.2, 0) is 0 Å². The normalized spacial score (nSPS) is 18.3. The zero-order chi connectivity index (χ0) is 13.8. The summed E-state index contributed by atoms with van der Waals surface area (Å²) in [5.41, 5.74) is 3.02. The topological polar surface area (TPSA) is 15.3 Å². The molecule has 2 nitrogen and oxygen atoms in total. The lowest BCUT2D eigenvalue weighted by molar-refractivity contribution is 0.169. The van der Waals surface area contributed by atoms with E-state index in [0.717, 1.165) is 49.3 Å². The molecular weight excluding hydrogens is 239 g/mol. The molecule has 1 atom stereocenters. The Kier molecular flexibility index (Phi) is 4.72. The predicted octanol–water partition coefficient (Wildman–Crippen LogP) is 3.05. The van der Waals surface area contributed by atoms with E-state index in [2.05, 4.69) is 16.8 Å². The lowest BCUT2D eigenvalue weighted by Crippen LogP contribution is -2.45. The summed E-state index contributed by atoms with van der Waals surface area (Å²) in [4.78, 5) is 2.36. The van der Waals surface area contributed by atoms with E-state index in [1.54, 1.807) is 6.07 Å². The van der Waals surface area contributed by atoms with E-state index >= 15 is 0 Å². The highest BCUT2D eigenvalue weighted by molar-refractivity contribution is 5.28. The number of hydrogen-bond acceptors (Lipinski definition) is 2. The summed E-state index contributed by atoms with van der Waals surface area (Å²) in [6, 6.07) is 5.50. The maximum atomic E-state index is 14.2. The molecule has 0 radical (unpaired) electrons. The van der Waals surface area contributed by atoms with Gasteiger partial charge in [-0.25, -0.2) is 4.39 Å². The lowest BCUT2D eigenvalue weighted by Gasteiger charge is -2.35. The van der Waals surface area contributed by atoms with Gasteiger partial charge in [-0.15, -0.1) is 6.58 Å². The van der Waals surface area contributed by atoms with Crippen LogP contribution in [0.15, 0.2) is 30.4 Å². The molecule has 1 aliphatic rings. The van der Waals surface area contributed by atoms with Gasteiger partial charge in [0.15, 0.2) is 0 Å². The van der Waals surface area contributed by atoms with E-state index < -0.39 is 0 Å². The molecule has 3 heteroatoms. The quantitative estimate of drug-likeness (QED) is 0.839. The third-order valence-corrected chi connectivity index (χ3v) is 3.64. The molecule has 1 aromatic carbocycles. The fourth-order valence-electron chi connectivity index (χ4n) is 2.68. The minimum Gasteiger partial charge on any atom is -0.314 e. The molecule has 1 aliphatic heterocycles. The van der Waals surface area contributed by atoms with Crippen molar-refractivity contribution in [3.8, 4) is 0 Å². The Morgan fingerprint density at radius 2 is 2.11 bits per heavy atom. The van der Waals surface area contributed by atoms with E-state index in [1.807, 2.05) is 26.0 Å². The summed E-state index contributed by atoms with van der Waals surface area (Å²) in [6.07, 6.45) is 0.820. The fraction of sp³-hybridized carbons (Fsp3) is 0.500. The average molecular weight is 262 g/mol. The maximum absolute atomic E-state index is 14.2. The van der Waals surface area contributed by atoms with Gasteiger partial charge < -0.3 is 5.32 Å². The van der Waals surface area contributed by atoms with E-state index in [4.69, 9.17) is 0 Å². The molecule has 104 valence electrons. The standard InChI is InChI=1S/C16H23FN2/c1-12(2)10-16(19-8-6-18-7-9-19)14-11-13(3)4-5-15(14)17/h4-5,11,16,18H,1,6-10H2,2-3H3/t16-/m0/s1. The summed E-state index contributed by atoms with van der Waals surface area (Å²) in [6.45, 7) is 11.9. The highest BCUT2D eigenvalue weighted by atomic mass is 19.1. The third-order valence-electron chi connectivity index (χ3n) is 3.64. The van der Waals surface area contributed by atoms with Crippen LogP contribution in [0.1, 0.15) is 30.5 Å². The minimum absolute atomic E-state index is 0.101. The zero-order valence-corrected chi connectivity index (χ0v) is 11.9. The van der Waals surface area contributed by atoms with Gasteiger partial charge >= 0.3 is 0 Å². The van der Waals surface area contributed by atoms with Gasteiger partial charge in [0.1, 0.15) is 5.82 Å². The SMILES string of the molecule is C=C(C)C[C@@H](c1cc(C)ccc1F)N1CCNCC1. The Hall–Kier alpha value is -1.19. The minimum atomic E-state index is -0.101. The first kappa shape index (κ1) is 14.2. The van der Waals surface area contributed by atoms with Gasteiger partial charge in [0, 0.05) is 37.8 Å². The van der Waals surface area contributed by atoms with Crippen LogP contribution in [0, 0.1) is 12.7 Å². The predicted molar refractivity (Wildman–Crippen MR) is 77.8 cm³/mol. The van der Waals surface area contributed by atoms with Gasteiger partial charge in [-0.1, -0.05) is 23.3 Å². The second kappa shape index (κ2) is 6.31. The lowest BCUT2D eigenvalue weighted by atomic mass is 9.96. The van der Waals surface area contributed by atoms with Crippen molar-refractivity contribution in [2.24, 2.45) is 0 Å². The second-order valence-corrected chi connectivity index (χ2v) is 5.49. The third kappa shape index (κ3) is 3.64. The number of piperazine rings is 1. The number of benzene rings is 1. The molecule has 0 spiro atoms. The molecule has 0 aromatic heterocycles. The van der Waals surface area contributed by atoms with Crippen molar-refractivity contribution in [3.63, 3.8) is 0 Å². The van der Waals surface area contributed by atoms with E-state index in [-0.39, 0.29) is 11.9 Å². The van der Waals surface area contributed by atoms with Crippen LogP contribution in [0.4, 0.5) is 4.39 Å². The molecule has 1 saturated heterocycles. The van der Waals surface area contributed by atoms with Crippen molar-refractivity contribution < 1.29 is 4.39 Å². The fourth-order valence-corrected chi connectivity index (χ4v) is 2.68. The molecule has 2 rings (SSSR count). The van der Waals surface area contributed by atoms with E-state index in [1.165, 1.54) is 0 Å².